The van der Waals surface area contributed by atoms with Crippen LogP contribution >= 0.6 is 0 Å². The number of fused-ring (bicyclic) bond motifs is 1. The van der Waals surface area contributed by atoms with E-state index in [0.717, 1.165) is 29.6 Å². The molecule has 0 saturated heterocycles. The number of hydrogen-bond acceptors (Lipinski definition) is 3. The maximum Gasteiger partial charge on any atom is 0.244 e. The van der Waals surface area contributed by atoms with Gasteiger partial charge in [0, 0.05) is 17.5 Å². The maximum atomic E-state index is 11.9. The second kappa shape index (κ2) is 6.69. The highest BCUT2D eigenvalue weighted by Crippen LogP contribution is 2.24. The highest BCUT2D eigenvalue weighted by Gasteiger charge is 2.14. The van der Waals surface area contributed by atoms with Crippen molar-refractivity contribution in [1.82, 2.24) is 5.32 Å². The molecule has 3 rings (SSSR count). The fourth-order valence-electron chi connectivity index (χ4n) is 2.91. The summed E-state index contributed by atoms with van der Waals surface area (Å²) >= 11 is 0. The van der Waals surface area contributed by atoms with Crippen LogP contribution in [-0.4, -0.2) is 19.1 Å². The van der Waals surface area contributed by atoms with Crippen LogP contribution in [0, 0.1) is 0 Å². The van der Waals surface area contributed by atoms with Gasteiger partial charge in [-0.2, -0.15) is 0 Å². The van der Waals surface area contributed by atoms with E-state index >= 15 is 0 Å². The zero-order chi connectivity index (χ0) is 15.4. The smallest absolute Gasteiger partial charge is 0.244 e. The Morgan fingerprint density at radius 2 is 2.09 bits per heavy atom. The summed E-state index contributed by atoms with van der Waals surface area (Å²) in [5.74, 6) is 1.41. The number of nitrogens with one attached hydrogen (secondary N) is 1. The summed E-state index contributed by atoms with van der Waals surface area (Å²) in [5, 5.41) is 4.02. The molecular formula is C18H21NO3. The van der Waals surface area contributed by atoms with Gasteiger partial charge in [-0.25, -0.2) is 0 Å². The van der Waals surface area contributed by atoms with E-state index in [1.54, 1.807) is 19.3 Å². The van der Waals surface area contributed by atoms with Crippen LogP contribution < -0.4 is 10.1 Å². The fraction of sp³-hybridized carbons (Fsp3) is 0.389. The predicted molar refractivity (Wildman–Crippen MR) is 86.8 cm³/mol. The molecule has 4 nitrogen and oxygen atoms in total. The second-order valence-electron chi connectivity index (χ2n) is 5.73. The summed E-state index contributed by atoms with van der Waals surface area (Å²) in [6.45, 7) is 0. The minimum Gasteiger partial charge on any atom is -0.497 e. The SMILES string of the molecule is COc1ccc2oc(C=CC(=O)NC3CCCCC3)cc2c1. The molecule has 0 bridgehead atoms. The molecule has 0 aliphatic heterocycles. The standard InChI is InChI=1S/C18H21NO3/c1-21-15-7-9-17-13(11-15)12-16(22-17)8-10-18(20)19-14-5-3-2-4-6-14/h7-12,14H,2-6H2,1H3,(H,19,20). The molecule has 4 heteroatoms. The first-order valence-electron chi connectivity index (χ1n) is 7.81. The van der Waals surface area contributed by atoms with Gasteiger partial charge >= 0.3 is 0 Å². The molecule has 1 fully saturated rings. The summed E-state index contributed by atoms with van der Waals surface area (Å²) in [6.07, 6.45) is 9.13. The molecule has 1 N–H and O–H groups in total. The number of carbonyl (C=O) groups is 1. The average molecular weight is 299 g/mol. The summed E-state index contributed by atoms with van der Waals surface area (Å²) < 4.78 is 10.9. The molecule has 0 radical (unpaired) electrons. The van der Waals surface area contributed by atoms with Crippen LogP contribution in [0.25, 0.3) is 17.0 Å². The second-order valence-corrected chi connectivity index (χ2v) is 5.73. The monoisotopic (exact) mass is 299 g/mol. The molecule has 1 aromatic carbocycles. The molecule has 116 valence electrons. The largest absolute Gasteiger partial charge is 0.497 e. The molecule has 1 amide bonds. The topological polar surface area (TPSA) is 51.5 Å². The molecule has 22 heavy (non-hydrogen) atoms. The average Bonchev–Trinajstić information content (AvgIpc) is 2.95. The highest BCUT2D eigenvalue weighted by molar-refractivity contribution is 5.92. The van der Waals surface area contributed by atoms with Crippen molar-refractivity contribution in [1.29, 1.82) is 0 Å². The fourth-order valence-corrected chi connectivity index (χ4v) is 2.91. The normalized spacial score (nSPS) is 16.2. The van der Waals surface area contributed by atoms with Gasteiger partial charge in [0.05, 0.1) is 7.11 Å². The molecule has 1 aliphatic rings. The molecule has 1 aromatic heterocycles. The van der Waals surface area contributed by atoms with Crippen LogP contribution in [0.15, 0.2) is 34.8 Å². The third kappa shape index (κ3) is 3.50. The highest BCUT2D eigenvalue weighted by atomic mass is 16.5. The maximum absolute atomic E-state index is 11.9. The number of methoxy groups -OCH3 is 1. The van der Waals surface area contributed by atoms with E-state index in [2.05, 4.69) is 5.32 Å². The molecule has 1 aliphatic carbocycles. The Kier molecular flexibility index (Phi) is 4.47. The van der Waals surface area contributed by atoms with Crippen LogP contribution in [0.1, 0.15) is 37.9 Å². The lowest BCUT2D eigenvalue weighted by molar-refractivity contribution is -0.117. The van der Waals surface area contributed by atoms with E-state index in [1.165, 1.54) is 19.3 Å². The van der Waals surface area contributed by atoms with Crippen LogP contribution in [0.3, 0.4) is 0 Å². The van der Waals surface area contributed by atoms with E-state index < -0.39 is 0 Å². The van der Waals surface area contributed by atoms with Gasteiger partial charge in [-0.1, -0.05) is 19.3 Å². The van der Waals surface area contributed by atoms with E-state index in [4.69, 9.17) is 9.15 Å². The number of amides is 1. The number of ether oxygens (including phenoxy) is 1. The number of benzene rings is 1. The Bertz CT molecular complexity index is 681. The van der Waals surface area contributed by atoms with Crippen LogP contribution in [-0.2, 0) is 4.79 Å². The van der Waals surface area contributed by atoms with Crippen molar-refractivity contribution in [3.05, 3.63) is 36.1 Å². The van der Waals surface area contributed by atoms with Gasteiger partial charge in [-0.3, -0.25) is 4.79 Å². The number of carbonyl (C=O) groups excluding carboxylic acids is 1. The van der Waals surface area contributed by atoms with Crippen molar-refractivity contribution in [3.63, 3.8) is 0 Å². The van der Waals surface area contributed by atoms with Gasteiger partial charge in [-0.15, -0.1) is 0 Å². The lowest BCUT2D eigenvalue weighted by Gasteiger charge is -2.21. The summed E-state index contributed by atoms with van der Waals surface area (Å²) in [4.78, 5) is 11.9. The molecular weight excluding hydrogens is 278 g/mol. The van der Waals surface area contributed by atoms with Crippen LogP contribution in [0.4, 0.5) is 0 Å². The van der Waals surface area contributed by atoms with Crippen LogP contribution in [0.2, 0.25) is 0 Å². The van der Waals surface area contributed by atoms with Crippen LogP contribution in [0.5, 0.6) is 5.75 Å². The van der Waals surface area contributed by atoms with Crippen molar-refractivity contribution in [3.8, 4) is 5.75 Å². The van der Waals surface area contributed by atoms with Crippen molar-refractivity contribution in [2.75, 3.05) is 7.11 Å². The Balaban J connectivity index is 1.65. The molecule has 0 spiro atoms. The zero-order valence-electron chi connectivity index (χ0n) is 12.8. The van der Waals surface area contributed by atoms with E-state index in [-0.39, 0.29) is 5.91 Å². The number of rotatable bonds is 4. The first-order valence-corrected chi connectivity index (χ1v) is 7.81. The Labute approximate surface area is 130 Å². The predicted octanol–water partition coefficient (Wildman–Crippen LogP) is 3.90. The number of furan rings is 1. The minimum atomic E-state index is -0.0510. The van der Waals surface area contributed by atoms with Crippen molar-refractivity contribution in [2.45, 2.75) is 38.1 Å². The lowest BCUT2D eigenvalue weighted by atomic mass is 9.95. The Morgan fingerprint density at radius 3 is 2.86 bits per heavy atom. The number of hydrogen-bond donors (Lipinski definition) is 1. The van der Waals surface area contributed by atoms with Crippen molar-refractivity contribution < 1.29 is 13.9 Å². The molecule has 1 saturated carbocycles. The minimum absolute atomic E-state index is 0.0510. The molecule has 2 aromatic rings. The first-order chi connectivity index (χ1) is 10.7. The molecule has 0 unspecified atom stereocenters. The lowest BCUT2D eigenvalue weighted by Crippen LogP contribution is -2.34. The van der Waals surface area contributed by atoms with Gasteiger partial charge in [0.25, 0.3) is 0 Å². The third-order valence-electron chi connectivity index (χ3n) is 4.09. The van der Waals surface area contributed by atoms with E-state index in [1.807, 2.05) is 24.3 Å². The third-order valence-corrected chi connectivity index (χ3v) is 4.09. The van der Waals surface area contributed by atoms with Gasteiger partial charge in [0.2, 0.25) is 5.91 Å². The molecule has 0 atom stereocenters. The van der Waals surface area contributed by atoms with Gasteiger partial charge in [0.1, 0.15) is 17.1 Å². The summed E-state index contributed by atoms with van der Waals surface area (Å²) in [5.41, 5.74) is 0.785. The summed E-state index contributed by atoms with van der Waals surface area (Å²) in [6, 6.07) is 7.87. The van der Waals surface area contributed by atoms with Crippen molar-refractivity contribution in [2.24, 2.45) is 0 Å². The van der Waals surface area contributed by atoms with Gasteiger partial charge in [-0.05, 0) is 43.2 Å². The summed E-state index contributed by atoms with van der Waals surface area (Å²) in [7, 11) is 1.64. The first kappa shape index (κ1) is 14.7. The van der Waals surface area contributed by atoms with E-state index in [0.29, 0.717) is 11.8 Å². The van der Waals surface area contributed by atoms with Gasteiger partial charge in [0.15, 0.2) is 0 Å². The molecule has 1 heterocycles. The van der Waals surface area contributed by atoms with Crippen molar-refractivity contribution >= 4 is 23.0 Å². The zero-order valence-corrected chi connectivity index (χ0v) is 12.8. The quantitative estimate of drug-likeness (QED) is 0.871. The van der Waals surface area contributed by atoms with Gasteiger partial charge < -0.3 is 14.5 Å². The van der Waals surface area contributed by atoms with E-state index in [9.17, 15) is 4.79 Å². The Hall–Kier alpha value is -2.23. The Morgan fingerprint density at radius 1 is 1.27 bits per heavy atom.